The second-order valence-corrected chi connectivity index (χ2v) is 5.05. The number of hydrazine groups is 1. The van der Waals surface area contributed by atoms with E-state index < -0.39 is 0 Å². The van der Waals surface area contributed by atoms with Crippen molar-refractivity contribution in [3.63, 3.8) is 0 Å². The zero-order valence-electron chi connectivity index (χ0n) is 9.40. The molecule has 2 rings (SSSR count). The molecule has 0 aliphatic rings. The van der Waals surface area contributed by atoms with Gasteiger partial charge in [0.25, 0.3) is 0 Å². The van der Waals surface area contributed by atoms with Crippen LogP contribution < -0.4 is 11.3 Å². The van der Waals surface area contributed by atoms with Gasteiger partial charge in [-0.2, -0.15) is 0 Å². The summed E-state index contributed by atoms with van der Waals surface area (Å²) in [6, 6.07) is 8.25. The molecule has 0 saturated carbocycles. The van der Waals surface area contributed by atoms with Crippen LogP contribution in [0.25, 0.3) is 0 Å². The molecule has 1 atom stereocenters. The lowest BCUT2D eigenvalue weighted by Crippen LogP contribution is -2.28. The lowest BCUT2D eigenvalue weighted by atomic mass is 10.1. The zero-order chi connectivity index (χ0) is 11.5. The number of nitrogens with two attached hydrogens (primary N) is 1. The van der Waals surface area contributed by atoms with Crippen LogP contribution in [0.4, 0.5) is 0 Å². The van der Waals surface area contributed by atoms with Crippen molar-refractivity contribution in [2.45, 2.75) is 19.9 Å². The Hall–Kier alpha value is -1.23. The van der Waals surface area contributed by atoms with Gasteiger partial charge in [0, 0.05) is 21.6 Å². The molecule has 3 nitrogen and oxygen atoms in total. The summed E-state index contributed by atoms with van der Waals surface area (Å²) in [6.07, 6.45) is 1.80. The molecule has 0 amide bonds. The monoisotopic (exact) mass is 233 g/mol. The van der Waals surface area contributed by atoms with Crippen molar-refractivity contribution >= 4 is 11.3 Å². The maximum Gasteiger partial charge on any atom is 0.0820 e. The SMILES string of the molecule is Cc1ccc(C(NN)c2cccnc2C)s1. The molecule has 2 heterocycles. The van der Waals surface area contributed by atoms with E-state index in [0.717, 1.165) is 11.3 Å². The van der Waals surface area contributed by atoms with Crippen LogP contribution in [0.3, 0.4) is 0 Å². The number of rotatable bonds is 3. The highest BCUT2D eigenvalue weighted by Gasteiger charge is 2.16. The van der Waals surface area contributed by atoms with Crippen LogP contribution in [0.2, 0.25) is 0 Å². The highest BCUT2D eigenvalue weighted by atomic mass is 32.1. The molecule has 4 heteroatoms. The van der Waals surface area contributed by atoms with Gasteiger partial charge in [0.05, 0.1) is 6.04 Å². The maximum atomic E-state index is 5.64. The first-order chi connectivity index (χ1) is 7.72. The van der Waals surface area contributed by atoms with Crippen molar-refractivity contribution in [1.82, 2.24) is 10.4 Å². The predicted molar refractivity (Wildman–Crippen MR) is 67.2 cm³/mol. The van der Waals surface area contributed by atoms with Crippen LogP contribution in [-0.4, -0.2) is 4.98 Å². The Morgan fingerprint density at radius 2 is 2.12 bits per heavy atom. The topological polar surface area (TPSA) is 50.9 Å². The smallest absolute Gasteiger partial charge is 0.0820 e. The Balaban J connectivity index is 2.40. The first-order valence-electron chi connectivity index (χ1n) is 5.16. The van der Waals surface area contributed by atoms with Gasteiger partial charge in [-0.25, -0.2) is 5.43 Å². The number of aryl methyl sites for hydroxylation is 2. The van der Waals surface area contributed by atoms with E-state index >= 15 is 0 Å². The number of pyridine rings is 1. The van der Waals surface area contributed by atoms with Gasteiger partial charge in [0.1, 0.15) is 0 Å². The van der Waals surface area contributed by atoms with E-state index in [1.54, 1.807) is 17.5 Å². The van der Waals surface area contributed by atoms with E-state index in [1.165, 1.54) is 9.75 Å². The highest BCUT2D eigenvalue weighted by Crippen LogP contribution is 2.28. The van der Waals surface area contributed by atoms with Gasteiger partial charge < -0.3 is 0 Å². The lowest BCUT2D eigenvalue weighted by Gasteiger charge is -2.16. The van der Waals surface area contributed by atoms with E-state index in [1.807, 2.05) is 13.0 Å². The molecule has 0 radical (unpaired) electrons. The van der Waals surface area contributed by atoms with Gasteiger partial charge in [-0.1, -0.05) is 6.07 Å². The number of nitrogens with one attached hydrogen (secondary N) is 1. The Morgan fingerprint density at radius 3 is 2.69 bits per heavy atom. The normalized spacial score (nSPS) is 12.7. The molecule has 0 bridgehead atoms. The van der Waals surface area contributed by atoms with E-state index in [-0.39, 0.29) is 6.04 Å². The minimum atomic E-state index is 0.0346. The minimum Gasteiger partial charge on any atom is -0.271 e. The summed E-state index contributed by atoms with van der Waals surface area (Å²) in [7, 11) is 0. The third-order valence-corrected chi connectivity index (χ3v) is 3.64. The van der Waals surface area contributed by atoms with Crippen LogP contribution in [0.1, 0.15) is 27.1 Å². The van der Waals surface area contributed by atoms with Gasteiger partial charge in [-0.05, 0) is 37.6 Å². The van der Waals surface area contributed by atoms with Crippen molar-refractivity contribution in [2.24, 2.45) is 5.84 Å². The summed E-state index contributed by atoms with van der Waals surface area (Å²) >= 11 is 1.75. The van der Waals surface area contributed by atoms with Crippen LogP contribution >= 0.6 is 11.3 Å². The van der Waals surface area contributed by atoms with Gasteiger partial charge in [0.15, 0.2) is 0 Å². The van der Waals surface area contributed by atoms with Crippen molar-refractivity contribution in [1.29, 1.82) is 0 Å². The predicted octanol–water partition coefficient (Wildman–Crippen LogP) is 2.31. The van der Waals surface area contributed by atoms with E-state index in [9.17, 15) is 0 Å². The molecule has 2 aromatic heterocycles. The van der Waals surface area contributed by atoms with Crippen LogP contribution in [-0.2, 0) is 0 Å². The lowest BCUT2D eigenvalue weighted by molar-refractivity contribution is 0.640. The van der Waals surface area contributed by atoms with Crippen molar-refractivity contribution in [3.8, 4) is 0 Å². The summed E-state index contributed by atoms with van der Waals surface area (Å²) in [6.45, 7) is 4.10. The molecule has 3 N–H and O–H groups in total. The molecule has 84 valence electrons. The summed E-state index contributed by atoms with van der Waals surface area (Å²) < 4.78 is 0. The fraction of sp³-hybridized carbons (Fsp3) is 0.250. The first kappa shape index (κ1) is 11.3. The number of hydrogen-bond acceptors (Lipinski definition) is 4. The Bertz CT molecular complexity index is 479. The Kier molecular flexibility index (Phi) is 3.33. The second kappa shape index (κ2) is 4.74. The maximum absolute atomic E-state index is 5.64. The fourth-order valence-corrected chi connectivity index (χ4v) is 2.69. The van der Waals surface area contributed by atoms with Crippen LogP contribution in [0, 0.1) is 13.8 Å². The van der Waals surface area contributed by atoms with Gasteiger partial charge in [0.2, 0.25) is 0 Å². The van der Waals surface area contributed by atoms with Crippen molar-refractivity contribution in [3.05, 3.63) is 51.5 Å². The molecular formula is C12H15N3S. The highest BCUT2D eigenvalue weighted by molar-refractivity contribution is 7.12. The number of thiophene rings is 1. The molecule has 0 fully saturated rings. The molecule has 0 aliphatic carbocycles. The van der Waals surface area contributed by atoms with E-state index in [0.29, 0.717) is 0 Å². The van der Waals surface area contributed by atoms with Crippen molar-refractivity contribution < 1.29 is 0 Å². The molecule has 0 aliphatic heterocycles. The van der Waals surface area contributed by atoms with Gasteiger partial charge in [-0.3, -0.25) is 10.8 Å². The van der Waals surface area contributed by atoms with Crippen LogP contribution in [0.15, 0.2) is 30.5 Å². The quantitative estimate of drug-likeness (QED) is 0.632. The Morgan fingerprint density at radius 1 is 1.31 bits per heavy atom. The standard InChI is InChI=1S/C12H15N3S/c1-8-5-6-11(16-8)12(15-13)10-4-3-7-14-9(10)2/h3-7,12,15H,13H2,1-2H3. The van der Waals surface area contributed by atoms with E-state index in [2.05, 4.69) is 35.5 Å². The second-order valence-electron chi connectivity index (χ2n) is 3.73. The number of hydrogen-bond donors (Lipinski definition) is 2. The number of nitrogens with zero attached hydrogens (tertiary/aromatic N) is 1. The third kappa shape index (κ3) is 2.14. The molecule has 16 heavy (non-hydrogen) atoms. The Labute approximate surface area is 99.3 Å². The zero-order valence-corrected chi connectivity index (χ0v) is 10.2. The summed E-state index contributed by atoms with van der Waals surface area (Å²) in [5, 5.41) is 0. The average molecular weight is 233 g/mol. The van der Waals surface area contributed by atoms with Crippen molar-refractivity contribution in [2.75, 3.05) is 0 Å². The minimum absolute atomic E-state index is 0.0346. The summed E-state index contributed by atoms with van der Waals surface area (Å²) in [4.78, 5) is 6.80. The molecule has 0 spiro atoms. The molecule has 1 unspecified atom stereocenters. The number of aromatic nitrogens is 1. The molecular weight excluding hydrogens is 218 g/mol. The van der Waals surface area contributed by atoms with Gasteiger partial charge >= 0.3 is 0 Å². The van der Waals surface area contributed by atoms with Crippen LogP contribution in [0.5, 0.6) is 0 Å². The summed E-state index contributed by atoms with van der Waals surface area (Å²) in [5.41, 5.74) is 5.00. The summed E-state index contributed by atoms with van der Waals surface area (Å²) in [5.74, 6) is 5.64. The largest absolute Gasteiger partial charge is 0.271 e. The molecule has 0 aromatic carbocycles. The average Bonchev–Trinajstić information content (AvgIpc) is 2.69. The van der Waals surface area contributed by atoms with E-state index in [4.69, 9.17) is 5.84 Å². The third-order valence-electron chi connectivity index (χ3n) is 2.57. The molecule has 2 aromatic rings. The first-order valence-corrected chi connectivity index (χ1v) is 5.98. The fourth-order valence-electron chi connectivity index (χ4n) is 1.74. The van der Waals surface area contributed by atoms with Gasteiger partial charge in [-0.15, -0.1) is 11.3 Å². The molecule has 0 saturated heterocycles.